The fraction of sp³-hybridized carbons (Fsp3) is 0.452. The number of carbonyl (C=O) groups is 2. The number of ether oxygens (including phenoxy) is 2. The van der Waals surface area contributed by atoms with Crippen molar-refractivity contribution in [3.05, 3.63) is 76.5 Å². The summed E-state index contributed by atoms with van der Waals surface area (Å²) in [6.45, 7) is 15.8. The van der Waals surface area contributed by atoms with E-state index >= 15 is 0 Å². The maximum absolute atomic E-state index is 11.8. The van der Waals surface area contributed by atoms with Crippen molar-refractivity contribution in [3.63, 3.8) is 0 Å². The Morgan fingerprint density at radius 2 is 1.56 bits per heavy atom. The van der Waals surface area contributed by atoms with Gasteiger partial charge >= 0.3 is 0 Å². The Kier molecular flexibility index (Phi) is 8.45. The molecule has 4 rings (SSSR count). The van der Waals surface area contributed by atoms with Gasteiger partial charge in [-0.25, -0.2) is 4.98 Å². The van der Waals surface area contributed by atoms with Crippen molar-refractivity contribution in [2.45, 2.75) is 84.0 Å². The zero-order chi connectivity index (χ0) is 28.4. The van der Waals surface area contributed by atoms with E-state index in [-0.39, 0.29) is 33.8 Å². The standard InChI is InChI=1S/C31H38N2O5S/c1-19-25(12-13-36-23-10-8-20(9-11-23)14-26-28(34)33-29(35)39-26)32-27(38-19)18-37-24-16-21(30(2,3)4)15-22(17-24)31(5,6)7/h8-11,15-17,26H,12-14,18H2,1-7H3,(H,33,34,35). The summed E-state index contributed by atoms with van der Waals surface area (Å²) >= 11 is 1.04. The molecule has 1 atom stereocenters. The van der Waals surface area contributed by atoms with Gasteiger partial charge in [0, 0.05) is 6.42 Å². The minimum atomic E-state index is -0.374. The molecular formula is C31H38N2O5S. The number of oxazole rings is 1. The van der Waals surface area contributed by atoms with Crippen LogP contribution in [0, 0.1) is 6.92 Å². The summed E-state index contributed by atoms with van der Waals surface area (Å²) in [5.74, 6) is 2.61. The maximum atomic E-state index is 11.8. The predicted molar refractivity (Wildman–Crippen MR) is 154 cm³/mol. The van der Waals surface area contributed by atoms with E-state index in [0.717, 1.165) is 40.3 Å². The van der Waals surface area contributed by atoms with Gasteiger partial charge in [-0.2, -0.15) is 0 Å². The number of rotatable bonds is 9. The molecule has 0 saturated carbocycles. The second-order valence-electron chi connectivity index (χ2n) is 12.0. The fourth-order valence-corrected chi connectivity index (χ4v) is 5.06. The molecule has 208 valence electrons. The first-order valence-electron chi connectivity index (χ1n) is 13.3. The fourth-order valence-electron chi connectivity index (χ4n) is 4.20. The predicted octanol–water partition coefficient (Wildman–Crippen LogP) is 6.67. The number of aryl methyl sites for hydroxylation is 1. The third-order valence-corrected chi connectivity index (χ3v) is 7.64. The van der Waals surface area contributed by atoms with Crippen LogP contribution in [0.15, 0.2) is 46.9 Å². The third kappa shape index (κ3) is 7.66. The first-order valence-corrected chi connectivity index (χ1v) is 14.1. The summed E-state index contributed by atoms with van der Waals surface area (Å²) in [6, 6.07) is 14.1. The van der Waals surface area contributed by atoms with Crippen LogP contribution in [0.1, 0.15) is 75.6 Å². The lowest BCUT2D eigenvalue weighted by atomic mass is 9.80. The number of nitrogens with one attached hydrogen (secondary N) is 1. The molecule has 8 heteroatoms. The van der Waals surface area contributed by atoms with Gasteiger partial charge in [-0.1, -0.05) is 71.5 Å². The molecule has 1 fully saturated rings. The van der Waals surface area contributed by atoms with Gasteiger partial charge in [-0.3, -0.25) is 14.9 Å². The van der Waals surface area contributed by atoms with Crippen LogP contribution >= 0.6 is 11.8 Å². The minimum Gasteiger partial charge on any atom is -0.493 e. The summed E-state index contributed by atoms with van der Waals surface area (Å²) in [7, 11) is 0. The average Bonchev–Trinajstić information content (AvgIpc) is 3.37. The van der Waals surface area contributed by atoms with Crippen molar-refractivity contribution in [1.82, 2.24) is 10.3 Å². The van der Waals surface area contributed by atoms with Crippen LogP contribution in [0.5, 0.6) is 11.5 Å². The molecule has 0 radical (unpaired) electrons. The van der Waals surface area contributed by atoms with Crippen LogP contribution in [0.4, 0.5) is 4.79 Å². The van der Waals surface area contributed by atoms with Gasteiger partial charge in [0.05, 0.1) is 17.6 Å². The number of hydrogen-bond donors (Lipinski definition) is 1. The Bertz CT molecular complexity index is 1300. The molecule has 0 aliphatic carbocycles. The molecule has 1 saturated heterocycles. The molecular weight excluding hydrogens is 512 g/mol. The zero-order valence-electron chi connectivity index (χ0n) is 23.8. The lowest BCUT2D eigenvalue weighted by molar-refractivity contribution is -0.118. The topological polar surface area (TPSA) is 90.7 Å². The number of carbonyl (C=O) groups excluding carboxylic acids is 2. The van der Waals surface area contributed by atoms with Gasteiger partial charge in [-0.15, -0.1) is 0 Å². The van der Waals surface area contributed by atoms with Crippen LogP contribution in [-0.4, -0.2) is 28.0 Å². The van der Waals surface area contributed by atoms with E-state index in [1.165, 1.54) is 11.1 Å². The molecule has 7 nitrogen and oxygen atoms in total. The van der Waals surface area contributed by atoms with E-state index in [4.69, 9.17) is 13.9 Å². The van der Waals surface area contributed by atoms with E-state index in [1.54, 1.807) is 0 Å². The van der Waals surface area contributed by atoms with Crippen LogP contribution in [0.3, 0.4) is 0 Å². The monoisotopic (exact) mass is 550 g/mol. The Labute approximate surface area is 235 Å². The van der Waals surface area contributed by atoms with Crippen molar-refractivity contribution in [2.24, 2.45) is 0 Å². The van der Waals surface area contributed by atoms with Crippen LogP contribution in [0.2, 0.25) is 0 Å². The minimum absolute atomic E-state index is 0.0123. The average molecular weight is 551 g/mol. The second-order valence-corrected chi connectivity index (χ2v) is 13.2. The van der Waals surface area contributed by atoms with Gasteiger partial charge in [0.2, 0.25) is 11.8 Å². The SMILES string of the molecule is Cc1oc(COc2cc(C(C)(C)C)cc(C(C)(C)C)c2)nc1CCOc1ccc(CC2SC(=O)NC2=O)cc1. The highest BCUT2D eigenvalue weighted by molar-refractivity contribution is 8.15. The van der Waals surface area contributed by atoms with E-state index in [9.17, 15) is 9.59 Å². The maximum Gasteiger partial charge on any atom is 0.286 e. The van der Waals surface area contributed by atoms with E-state index in [2.05, 4.69) is 70.0 Å². The highest BCUT2D eigenvalue weighted by Crippen LogP contribution is 2.33. The number of imide groups is 1. The van der Waals surface area contributed by atoms with Crippen molar-refractivity contribution in [3.8, 4) is 11.5 Å². The van der Waals surface area contributed by atoms with Gasteiger partial charge in [0.1, 0.15) is 17.3 Å². The Morgan fingerprint density at radius 1 is 0.923 bits per heavy atom. The van der Waals surface area contributed by atoms with E-state index in [0.29, 0.717) is 25.3 Å². The van der Waals surface area contributed by atoms with Gasteiger partial charge in [-0.05, 0) is 65.1 Å². The van der Waals surface area contributed by atoms with Crippen LogP contribution in [0.25, 0.3) is 0 Å². The summed E-state index contributed by atoms with van der Waals surface area (Å²) in [4.78, 5) is 27.8. The lowest BCUT2D eigenvalue weighted by Crippen LogP contribution is -2.25. The van der Waals surface area contributed by atoms with Crippen molar-refractivity contribution in [2.75, 3.05) is 6.61 Å². The van der Waals surface area contributed by atoms with E-state index in [1.807, 2.05) is 31.2 Å². The number of aromatic nitrogens is 1. The highest BCUT2D eigenvalue weighted by atomic mass is 32.2. The third-order valence-electron chi connectivity index (χ3n) is 6.66. The molecule has 1 N–H and O–H groups in total. The lowest BCUT2D eigenvalue weighted by Gasteiger charge is -2.26. The molecule has 1 aliphatic heterocycles. The zero-order valence-corrected chi connectivity index (χ0v) is 24.7. The van der Waals surface area contributed by atoms with Gasteiger partial charge in [0.15, 0.2) is 6.61 Å². The molecule has 1 aliphatic rings. The molecule has 39 heavy (non-hydrogen) atoms. The normalized spacial score (nSPS) is 15.9. The molecule has 0 bridgehead atoms. The largest absolute Gasteiger partial charge is 0.493 e. The smallest absolute Gasteiger partial charge is 0.286 e. The van der Waals surface area contributed by atoms with Crippen molar-refractivity contribution in [1.29, 1.82) is 0 Å². The first-order chi connectivity index (χ1) is 18.3. The van der Waals surface area contributed by atoms with Crippen LogP contribution in [-0.2, 0) is 35.1 Å². The van der Waals surface area contributed by atoms with Crippen LogP contribution < -0.4 is 14.8 Å². The number of nitrogens with zero attached hydrogens (tertiary/aromatic N) is 1. The van der Waals surface area contributed by atoms with E-state index < -0.39 is 0 Å². The number of amides is 2. The first kappa shape index (κ1) is 28.7. The van der Waals surface area contributed by atoms with Gasteiger partial charge in [0.25, 0.3) is 5.24 Å². The molecule has 1 unspecified atom stereocenters. The molecule has 2 heterocycles. The Hall–Kier alpha value is -3.26. The molecule has 0 spiro atoms. The summed E-state index contributed by atoms with van der Waals surface area (Å²) in [5, 5.41) is 1.66. The molecule has 3 aromatic rings. The molecule has 1 aromatic heterocycles. The summed E-state index contributed by atoms with van der Waals surface area (Å²) in [5.41, 5.74) is 4.31. The quantitative estimate of drug-likeness (QED) is 0.318. The Morgan fingerprint density at radius 3 is 2.13 bits per heavy atom. The number of hydrogen-bond acceptors (Lipinski definition) is 7. The van der Waals surface area contributed by atoms with Crippen molar-refractivity contribution >= 4 is 22.9 Å². The summed E-state index contributed by atoms with van der Waals surface area (Å²) < 4.78 is 17.9. The number of benzene rings is 2. The second kappa shape index (κ2) is 11.5. The molecule has 2 aromatic carbocycles. The van der Waals surface area contributed by atoms with Gasteiger partial charge < -0.3 is 13.9 Å². The summed E-state index contributed by atoms with van der Waals surface area (Å²) in [6.07, 6.45) is 1.11. The molecule has 2 amide bonds. The number of thioether (sulfide) groups is 1. The Balaban J connectivity index is 1.31. The van der Waals surface area contributed by atoms with Crippen molar-refractivity contribution < 1.29 is 23.5 Å². The highest BCUT2D eigenvalue weighted by Gasteiger charge is 2.31.